The number of anilines is 1. The molecule has 0 unspecified atom stereocenters. The maximum atomic E-state index is 6.08. The molecule has 94 valence electrons. The largest absolute Gasteiger partial charge is 0.495 e. The van der Waals surface area contributed by atoms with Crippen molar-refractivity contribution in [2.24, 2.45) is 0 Å². The van der Waals surface area contributed by atoms with Crippen molar-refractivity contribution < 1.29 is 4.74 Å². The van der Waals surface area contributed by atoms with Gasteiger partial charge in [0.25, 0.3) is 0 Å². The molecule has 0 atom stereocenters. The first kappa shape index (κ1) is 13.1. The zero-order valence-electron chi connectivity index (χ0n) is 9.91. The van der Waals surface area contributed by atoms with Gasteiger partial charge in [-0.3, -0.25) is 0 Å². The summed E-state index contributed by atoms with van der Waals surface area (Å²) in [7, 11) is 1.60. The highest BCUT2D eigenvalue weighted by atomic mass is 35.5. The summed E-state index contributed by atoms with van der Waals surface area (Å²) in [5.74, 6) is 0.667. The van der Waals surface area contributed by atoms with Gasteiger partial charge in [-0.15, -0.1) is 0 Å². The van der Waals surface area contributed by atoms with Crippen LogP contribution in [0.15, 0.2) is 42.5 Å². The highest BCUT2D eigenvalue weighted by Gasteiger charge is 2.02. The van der Waals surface area contributed by atoms with Crippen LogP contribution in [0.4, 0.5) is 5.69 Å². The van der Waals surface area contributed by atoms with E-state index < -0.39 is 0 Å². The molecule has 0 saturated heterocycles. The van der Waals surface area contributed by atoms with Gasteiger partial charge >= 0.3 is 0 Å². The fourth-order valence-electron chi connectivity index (χ4n) is 1.62. The van der Waals surface area contributed by atoms with E-state index in [1.807, 2.05) is 42.5 Å². The van der Waals surface area contributed by atoms with Crippen LogP contribution in [-0.4, -0.2) is 7.11 Å². The number of hydrogen-bond donors (Lipinski definition) is 1. The predicted octanol–water partition coefficient (Wildman–Crippen LogP) is 4.61. The van der Waals surface area contributed by atoms with Gasteiger partial charge in [0.15, 0.2) is 0 Å². The van der Waals surface area contributed by atoms with Crippen molar-refractivity contribution in [3.63, 3.8) is 0 Å². The van der Waals surface area contributed by atoms with Crippen LogP contribution in [0.25, 0.3) is 0 Å². The quantitative estimate of drug-likeness (QED) is 0.883. The van der Waals surface area contributed by atoms with E-state index in [2.05, 4.69) is 5.32 Å². The molecule has 0 bridgehead atoms. The Morgan fingerprint density at radius 1 is 1.06 bits per heavy atom. The molecule has 0 saturated carbocycles. The van der Waals surface area contributed by atoms with E-state index in [0.29, 0.717) is 17.3 Å². The van der Waals surface area contributed by atoms with Crippen molar-refractivity contribution in [1.82, 2.24) is 0 Å². The summed E-state index contributed by atoms with van der Waals surface area (Å²) in [6, 6.07) is 13.3. The molecule has 18 heavy (non-hydrogen) atoms. The SMILES string of the molecule is COc1ccc(NCc2ccccc2Cl)cc1Cl. The number of hydrogen-bond acceptors (Lipinski definition) is 2. The molecule has 0 fully saturated rings. The van der Waals surface area contributed by atoms with Gasteiger partial charge in [-0.2, -0.15) is 0 Å². The van der Waals surface area contributed by atoms with Crippen molar-refractivity contribution in [2.75, 3.05) is 12.4 Å². The number of benzene rings is 2. The summed E-state index contributed by atoms with van der Waals surface area (Å²) in [4.78, 5) is 0. The first-order chi connectivity index (χ1) is 8.70. The van der Waals surface area contributed by atoms with Crippen molar-refractivity contribution >= 4 is 28.9 Å². The summed E-state index contributed by atoms with van der Waals surface area (Å²) < 4.78 is 5.10. The summed E-state index contributed by atoms with van der Waals surface area (Å²) in [6.45, 7) is 0.655. The smallest absolute Gasteiger partial charge is 0.137 e. The fourth-order valence-corrected chi connectivity index (χ4v) is 2.08. The number of halogens is 2. The maximum Gasteiger partial charge on any atom is 0.137 e. The number of ether oxygens (including phenoxy) is 1. The van der Waals surface area contributed by atoms with Crippen molar-refractivity contribution in [3.8, 4) is 5.75 Å². The van der Waals surface area contributed by atoms with E-state index in [1.54, 1.807) is 7.11 Å². The molecule has 0 amide bonds. The molecule has 2 aromatic carbocycles. The van der Waals surface area contributed by atoms with Crippen LogP contribution in [-0.2, 0) is 6.54 Å². The Morgan fingerprint density at radius 3 is 2.50 bits per heavy atom. The molecule has 4 heteroatoms. The molecular formula is C14H13Cl2NO. The Hall–Kier alpha value is -1.38. The lowest BCUT2D eigenvalue weighted by atomic mass is 10.2. The normalized spacial score (nSPS) is 10.2. The summed E-state index contributed by atoms with van der Waals surface area (Å²) >= 11 is 12.1. The monoisotopic (exact) mass is 281 g/mol. The zero-order valence-corrected chi connectivity index (χ0v) is 11.4. The third kappa shape index (κ3) is 3.09. The third-order valence-corrected chi connectivity index (χ3v) is 3.26. The van der Waals surface area contributed by atoms with E-state index >= 15 is 0 Å². The molecule has 0 heterocycles. The van der Waals surface area contributed by atoms with Gasteiger partial charge in [0.1, 0.15) is 5.75 Å². The van der Waals surface area contributed by atoms with E-state index in [0.717, 1.165) is 16.3 Å². The van der Waals surface area contributed by atoms with E-state index in [9.17, 15) is 0 Å². The van der Waals surface area contributed by atoms with Crippen LogP contribution in [0.3, 0.4) is 0 Å². The molecule has 2 rings (SSSR count). The molecule has 0 aliphatic rings. The van der Waals surface area contributed by atoms with Crippen LogP contribution in [0.5, 0.6) is 5.75 Å². The lowest BCUT2D eigenvalue weighted by Gasteiger charge is -2.10. The Bertz CT molecular complexity index is 543. The summed E-state index contributed by atoms with van der Waals surface area (Å²) in [5.41, 5.74) is 1.98. The molecule has 0 aliphatic heterocycles. The minimum atomic E-state index is 0.585. The van der Waals surface area contributed by atoms with Crippen molar-refractivity contribution in [3.05, 3.63) is 58.1 Å². The molecular weight excluding hydrogens is 269 g/mol. The van der Waals surface area contributed by atoms with Gasteiger partial charge in [-0.05, 0) is 29.8 Å². The average molecular weight is 282 g/mol. The van der Waals surface area contributed by atoms with Crippen LogP contribution in [0.2, 0.25) is 10.0 Å². The first-order valence-electron chi connectivity index (χ1n) is 5.51. The summed E-state index contributed by atoms with van der Waals surface area (Å²) in [6.07, 6.45) is 0. The molecule has 0 radical (unpaired) electrons. The zero-order chi connectivity index (χ0) is 13.0. The van der Waals surface area contributed by atoms with E-state index in [4.69, 9.17) is 27.9 Å². The van der Waals surface area contributed by atoms with Crippen LogP contribution < -0.4 is 10.1 Å². The van der Waals surface area contributed by atoms with Crippen molar-refractivity contribution in [2.45, 2.75) is 6.54 Å². The highest BCUT2D eigenvalue weighted by Crippen LogP contribution is 2.27. The predicted molar refractivity (Wildman–Crippen MR) is 76.8 cm³/mol. The summed E-state index contributed by atoms with van der Waals surface area (Å²) in [5, 5.41) is 4.61. The Morgan fingerprint density at radius 2 is 1.83 bits per heavy atom. The highest BCUT2D eigenvalue weighted by molar-refractivity contribution is 6.32. The number of nitrogens with one attached hydrogen (secondary N) is 1. The van der Waals surface area contributed by atoms with Gasteiger partial charge in [0.2, 0.25) is 0 Å². The molecule has 0 spiro atoms. The Balaban J connectivity index is 2.07. The number of methoxy groups -OCH3 is 1. The van der Waals surface area contributed by atoms with E-state index in [-0.39, 0.29) is 0 Å². The Labute approximate surface area is 116 Å². The molecule has 1 N–H and O–H groups in total. The minimum absolute atomic E-state index is 0.585. The van der Waals surface area contributed by atoms with Crippen molar-refractivity contribution in [1.29, 1.82) is 0 Å². The minimum Gasteiger partial charge on any atom is -0.495 e. The average Bonchev–Trinajstić information content (AvgIpc) is 2.38. The second kappa shape index (κ2) is 5.98. The van der Waals surface area contributed by atoms with Gasteiger partial charge in [0, 0.05) is 17.3 Å². The Kier molecular flexibility index (Phi) is 4.34. The molecule has 2 nitrogen and oxygen atoms in total. The second-order valence-corrected chi connectivity index (χ2v) is 4.61. The lowest BCUT2D eigenvalue weighted by Crippen LogP contribution is -2.00. The fraction of sp³-hybridized carbons (Fsp3) is 0.143. The third-order valence-electron chi connectivity index (χ3n) is 2.59. The lowest BCUT2D eigenvalue weighted by molar-refractivity contribution is 0.415. The van der Waals surface area contributed by atoms with Crippen LogP contribution in [0.1, 0.15) is 5.56 Å². The van der Waals surface area contributed by atoms with Gasteiger partial charge in [-0.25, -0.2) is 0 Å². The maximum absolute atomic E-state index is 6.08. The molecule has 0 aliphatic carbocycles. The van der Waals surface area contributed by atoms with Gasteiger partial charge in [0.05, 0.1) is 12.1 Å². The number of rotatable bonds is 4. The second-order valence-electron chi connectivity index (χ2n) is 3.79. The topological polar surface area (TPSA) is 21.3 Å². The van der Waals surface area contributed by atoms with Gasteiger partial charge < -0.3 is 10.1 Å². The van der Waals surface area contributed by atoms with Crippen LogP contribution >= 0.6 is 23.2 Å². The van der Waals surface area contributed by atoms with E-state index in [1.165, 1.54) is 0 Å². The van der Waals surface area contributed by atoms with Crippen LogP contribution in [0, 0.1) is 0 Å². The molecule has 2 aromatic rings. The van der Waals surface area contributed by atoms with Gasteiger partial charge in [-0.1, -0.05) is 41.4 Å². The molecule has 0 aromatic heterocycles. The standard InChI is InChI=1S/C14H13Cl2NO/c1-18-14-7-6-11(8-13(14)16)17-9-10-4-2-3-5-12(10)15/h2-8,17H,9H2,1H3. The first-order valence-corrected chi connectivity index (χ1v) is 6.27.